The number of benzene rings is 2. The lowest BCUT2D eigenvalue weighted by molar-refractivity contribution is -0.385. The minimum Gasteiger partial charge on any atom is -0.332 e. The van der Waals surface area contributed by atoms with Crippen LogP contribution in [-0.4, -0.2) is 56.6 Å². The second-order valence-electron chi connectivity index (χ2n) is 8.97. The second kappa shape index (κ2) is 10.9. The number of rotatable bonds is 6. The van der Waals surface area contributed by atoms with Crippen LogP contribution < -0.4 is 0 Å². The minimum atomic E-state index is -0.474. The van der Waals surface area contributed by atoms with E-state index < -0.39 is 9.85 Å². The molecule has 2 atom stereocenters. The van der Waals surface area contributed by atoms with Gasteiger partial charge in [-0.25, -0.2) is 0 Å². The number of hydrogen-bond donors (Lipinski definition) is 0. The zero-order valence-corrected chi connectivity index (χ0v) is 20.6. The average molecular weight is 493 g/mol. The van der Waals surface area contributed by atoms with Crippen molar-refractivity contribution >= 4 is 35.3 Å². The van der Waals surface area contributed by atoms with Crippen LogP contribution in [0.15, 0.2) is 59.7 Å². The maximum atomic E-state index is 13.1. The van der Waals surface area contributed by atoms with Crippen LogP contribution in [0.2, 0.25) is 0 Å². The summed E-state index contributed by atoms with van der Waals surface area (Å²) in [4.78, 5) is 50.5. The van der Waals surface area contributed by atoms with Crippen molar-refractivity contribution in [2.75, 3.05) is 13.1 Å². The van der Waals surface area contributed by atoms with E-state index in [1.165, 1.54) is 24.3 Å². The van der Waals surface area contributed by atoms with Crippen molar-refractivity contribution in [3.8, 4) is 0 Å². The Morgan fingerprint density at radius 3 is 1.31 bits per heavy atom. The highest BCUT2D eigenvalue weighted by atomic mass is 16.6. The molecule has 0 aliphatic carbocycles. The molecule has 0 bridgehead atoms. The molecule has 188 valence electrons. The Bertz CT molecular complexity index is 1140. The maximum Gasteiger partial charge on any atom is 0.269 e. The molecule has 1 fully saturated rings. The number of amides is 2. The van der Waals surface area contributed by atoms with Gasteiger partial charge in [-0.2, -0.15) is 0 Å². The van der Waals surface area contributed by atoms with Crippen molar-refractivity contribution in [3.63, 3.8) is 0 Å². The van der Waals surface area contributed by atoms with E-state index in [2.05, 4.69) is 0 Å². The van der Waals surface area contributed by atoms with Crippen LogP contribution in [0.3, 0.4) is 0 Å². The summed E-state index contributed by atoms with van der Waals surface area (Å²) in [6.45, 7) is 7.91. The number of non-ortho nitro benzene ring substituents is 2. The Morgan fingerprint density at radius 2 is 1.03 bits per heavy atom. The Balaban J connectivity index is 1.69. The van der Waals surface area contributed by atoms with Gasteiger partial charge in [0.25, 0.3) is 11.4 Å². The molecule has 1 saturated heterocycles. The van der Waals surface area contributed by atoms with E-state index in [9.17, 15) is 29.8 Å². The van der Waals surface area contributed by atoms with Gasteiger partial charge in [0.2, 0.25) is 11.8 Å². The highest BCUT2D eigenvalue weighted by molar-refractivity contribution is 5.99. The molecule has 1 heterocycles. The maximum absolute atomic E-state index is 13.1. The van der Waals surface area contributed by atoms with Crippen molar-refractivity contribution in [1.29, 1.82) is 0 Å². The number of nitro benzene ring substituents is 2. The first-order chi connectivity index (χ1) is 17.0. The third kappa shape index (κ3) is 6.01. The molecule has 2 aromatic rings. The molecule has 0 spiro atoms. The lowest BCUT2D eigenvalue weighted by atomic mass is 10.0. The molecule has 0 unspecified atom stereocenters. The fourth-order valence-electron chi connectivity index (χ4n) is 4.15. The van der Waals surface area contributed by atoms with Crippen LogP contribution in [-0.2, 0) is 9.59 Å². The summed E-state index contributed by atoms with van der Waals surface area (Å²) < 4.78 is 0. The predicted molar refractivity (Wildman–Crippen MR) is 136 cm³/mol. The summed E-state index contributed by atoms with van der Waals surface area (Å²) in [5, 5.41) is 21.7. The molecule has 36 heavy (non-hydrogen) atoms. The van der Waals surface area contributed by atoms with E-state index >= 15 is 0 Å². The Labute approximate surface area is 208 Å². The van der Waals surface area contributed by atoms with Crippen molar-refractivity contribution in [2.24, 2.45) is 0 Å². The topological polar surface area (TPSA) is 127 Å². The van der Waals surface area contributed by atoms with E-state index in [-0.39, 0.29) is 35.3 Å². The first kappa shape index (κ1) is 26.3. The fraction of sp³-hybridized carbons (Fsp3) is 0.308. The number of piperazine rings is 1. The summed E-state index contributed by atoms with van der Waals surface area (Å²) in [5.74, 6) is -0.309. The quantitative estimate of drug-likeness (QED) is 0.333. The monoisotopic (exact) mass is 492 g/mol. The number of carbonyl (C=O) groups is 2. The van der Waals surface area contributed by atoms with Crippen LogP contribution >= 0.6 is 0 Å². The van der Waals surface area contributed by atoms with Gasteiger partial charge in [-0.1, -0.05) is 0 Å². The molecule has 2 aromatic carbocycles. The van der Waals surface area contributed by atoms with E-state index in [4.69, 9.17) is 0 Å². The lowest BCUT2D eigenvalue weighted by Gasteiger charge is -2.44. The first-order valence-electron chi connectivity index (χ1n) is 11.5. The molecular formula is C26H28N4O6. The summed E-state index contributed by atoms with van der Waals surface area (Å²) in [5.41, 5.74) is 2.34. The largest absolute Gasteiger partial charge is 0.332 e. The normalized spacial score (nSPS) is 18.7. The molecule has 10 nitrogen and oxygen atoms in total. The van der Waals surface area contributed by atoms with Crippen LogP contribution in [0.5, 0.6) is 0 Å². The van der Waals surface area contributed by atoms with Gasteiger partial charge >= 0.3 is 0 Å². The average Bonchev–Trinajstić information content (AvgIpc) is 2.84. The Kier molecular flexibility index (Phi) is 7.98. The first-order valence-corrected chi connectivity index (χ1v) is 11.5. The molecule has 1 aliphatic heterocycles. The summed E-state index contributed by atoms with van der Waals surface area (Å²) in [6, 6.07) is 11.5. The van der Waals surface area contributed by atoms with Crippen LogP contribution in [0.1, 0.15) is 38.8 Å². The van der Waals surface area contributed by atoms with Gasteiger partial charge in [-0.15, -0.1) is 0 Å². The van der Waals surface area contributed by atoms with Gasteiger partial charge in [0.05, 0.1) is 9.85 Å². The molecule has 2 amide bonds. The molecule has 3 rings (SSSR count). The third-order valence-electron chi connectivity index (χ3n) is 6.16. The smallest absolute Gasteiger partial charge is 0.269 e. The summed E-state index contributed by atoms with van der Waals surface area (Å²) in [7, 11) is 0. The van der Waals surface area contributed by atoms with E-state index in [1.807, 2.05) is 13.8 Å². The van der Waals surface area contributed by atoms with Crippen molar-refractivity contribution < 1.29 is 19.4 Å². The Morgan fingerprint density at radius 1 is 0.722 bits per heavy atom. The number of carbonyl (C=O) groups excluding carboxylic acids is 2. The third-order valence-corrected chi connectivity index (χ3v) is 6.16. The zero-order chi connectivity index (χ0) is 26.6. The van der Waals surface area contributed by atoms with E-state index in [0.717, 1.165) is 0 Å². The van der Waals surface area contributed by atoms with Crippen molar-refractivity contribution in [2.45, 2.75) is 39.8 Å². The molecule has 0 aromatic heterocycles. The van der Waals surface area contributed by atoms with Gasteiger partial charge in [-0.05, 0) is 75.2 Å². The van der Waals surface area contributed by atoms with Crippen molar-refractivity contribution in [1.82, 2.24) is 9.80 Å². The SMILES string of the molecule is C/C(=C\c1ccc([N+](=O)[O-])cc1)C(=O)N1C[C@H](C)N(C(=O)/C(C)=C/c2ccc([N+](=O)[O-])cc2)C[C@@H]1C. The molecule has 10 heteroatoms. The van der Waals surface area contributed by atoms with Crippen molar-refractivity contribution in [3.05, 3.63) is 91.0 Å². The minimum absolute atomic E-state index is 0.0164. The molecule has 1 aliphatic rings. The predicted octanol–water partition coefficient (Wildman–Crippen LogP) is 4.46. The summed E-state index contributed by atoms with van der Waals surface area (Å²) in [6.07, 6.45) is 3.39. The second-order valence-corrected chi connectivity index (χ2v) is 8.97. The van der Waals surface area contributed by atoms with Gasteiger partial charge in [-0.3, -0.25) is 29.8 Å². The van der Waals surface area contributed by atoms with Gasteiger partial charge in [0, 0.05) is 60.6 Å². The fourth-order valence-corrected chi connectivity index (χ4v) is 4.15. The molecule has 0 radical (unpaired) electrons. The molecule has 0 saturated carbocycles. The number of nitro groups is 2. The summed E-state index contributed by atoms with van der Waals surface area (Å²) >= 11 is 0. The van der Waals surface area contributed by atoms with Crippen LogP contribution in [0.4, 0.5) is 11.4 Å². The van der Waals surface area contributed by atoms with Crippen LogP contribution in [0, 0.1) is 20.2 Å². The van der Waals surface area contributed by atoms with Gasteiger partial charge in [0.15, 0.2) is 0 Å². The number of nitrogens with zero attached hydrogens (tertiary/aromatic N) is 4. The van der Waals surface area contributed by atoms with E-state index in [0.29, 0.717) is 35.4 Å². The Hall–Kier alpha value is -4.34. The molecular weight excluding hydrogens is 464 g/mol. The van der Waals surface area contributed by atoms with Gasteiger partial charge in [0.1, 0.15) is 0 Å². The zero-order valence-electron chi connectivity index (χ0n) is 20.6. The highest BCUT2D eigenvalue weighted by Crippen LogP contribution is 2.22. The van der Waals surface area contributed by atoms with Gasteiger partial charge < -0.3 is 9.80 Å². The highest BCUT2D eigenvalue weighted by Gasteiger charge is 2.35. The standard InChI is InChI=1S/C26H28N4O6/c1-17(13-21-5-9-23(10-6-21)29(33)34)25(31)27-15-20(4)28(16-19(27)3)26(32)18(2)14-22-7-11-24(12-8-22)30(35)36/h5-14,19-20H,15-16H2,1-4H3/b17-13+,18-14+/t19-,20-/m0/s1. The molecule has 0 N–H and O–H groups in total. The number of hydrogen-bond acceptors (Lipinski definition) is 6. The van der Waals surface area contributed by atoms with E-state index in [1.54, 1.807) is 60.1 Å². The van der Waals surface area contributed by atoms with Crippen LogP contribution in [0.25, 0.3) is 12.2 Å². The lowest BCUT2D eigenvalue weighted by Crippen LogP contribution is -2.59.